The van der Waals surface area contributed by atoms with E-state index in [2.05, 4.69) is 30.8 Å². The SMILES string of the molecule is CCN(CCCN(C)C)CC1(CO)CCOC1. The summed E-state index contributed by atoms with van der Waals surface area (Å²) in [6.45, 7) is 8.20. The van der Waals surface area contributed by atoms with Crippen molar-refractivity contribution in [2.45, 2.75) is 19.8 Å². The van der Waals surface area contributed by atoms with Gasteiger partial charge in [0.05, 0.1) is 13.2 Å². The first-order valence-corrected chi connectivity index (χ1v) is 6.67. The Hall–Kier alpha value is -0.160. The van der Waals surface area contributed by atoms with Gasteiger partial charge in [0, 0.05) is 18.6 Å². The van der Waals surface area contributed by atoms with Gasteiger partial charge in [-0.05, 0) is 46.6 Å². The number of aliphatic hydroxyl groups is 1. The van der Waals surface area contributed by atoms with Crippen molar-refractivity contribution in [1.29, 1.82) is 0 Å². The fourth-order valence-electron chi connectivity index (χ4n) is 2.38. The van der Waals surface area contributed by atoms with Crippen LogP contribution < -0.4 is 0 Å². The molecule has 1 fully saturated rings. The number of ether oxygens (including phenoxy) is 1. The zero-order valence-electron chi connectivity index (χ0n) is 11.6. The van der Waals surface area contributed by atoms with E-state index in [1.54, 1.807) is 0 Å². The van der Waals surface area contributed by atoms with Crippen LogP contribution in [0.3, 0.4) is 0 Å². The van der Waals surface area contributed by atoms with E-state index in [0.717, 1.165) is 39.2 Å². The van der Waals surface area contributed by atoms with Crippen LogP contribution in [0.1, 0.15) is 19.8 Å². The van der Waals surface area contributed by atoms with E-state index < -0.39 is 0 Å². The molecule has 1 aliphatic heterocycles. The van der Waals surface area contributed by atoms with Crippen LogP contribution in [0.5, 0.6) is 0 Å². The standard InChI is InChI=1S/C13H28N2O2/c1-4-15(8-5-7-14(2)3)10-13(11-16)6-9-17-12-13/h16H,4-12H2,1-3H3. The minimum Gasteiger partial charge on any atom is -0.396 e. The average molecular weight is 244 g/mol. The highest BCUT2D eigenvalue weighted by molar-refractivity contribution is 4.85. The third kappa shape index (κ3) is 4.92. The van der Waals surface area contributed by atoms with E-state index in [-0.39, 0.29) is 12.0 Å². The predicted octanol–water partition coefficient (Wildman–Crippen LogP) is 0.659. The molecule has 1 N–H and O–H groups in total. The fraction of sp³-hybridized carbons (Fsp3) is 1.00. The summed E-state index contributed by atoms with van der Waals surface area (Å²) in [6.07, 6.45) is 2.18. The van der Waals surface area contributed by atoms with Crippen molar-refractivity contribution in [2.75, 3.05) is 60.1 Å². The topological polar surface area (TPSA) is 35.9 Å². The molecule has 1 atom stereocenters. The second-order valence-electron chi connectivity index (χ2n) is 5.49. The third-order valence-corrected chi connectivity index (χ3v) is 3.61. The van der Waals surface area contributed by atoms with Crippen molar-refractivity contribution in [2.24, 2.45) is 5.41 Å². The zero-order valence-corrected chi connectivity index (χ0v) is 11.6. The van der Waals surface area contributed by atoms with Crippen molar-refractivity contribution in [3.8, 4) is 0 Å². The van der Waals surface area contributed by atoms with E-state index in [1.807, 2.05) is 0 Å². The maximum atomic E-state index is 9.56. The summed E-state index contributed by atoms with van der Waals surface area (Å²) in [4.78, 5) is 4.66. The lowest BCUT2D eigenvalue weighted by Crippen LogP contribution is -2.41. The Morgan fingerprint density at radius 3 is 2.53 bits per heavy atom. The largest absolute Gasteiger partial charge is 0.396 e. The van der Waals surface area contributed by atoms with Crippen LogP contribution in [0.2, 0.25) is 0 Å². The molecular weight excluding hydrogens is 216 g/mol. The highest BCUT2D eigenvalue weighted by Crippen LogP contribution is 2.29. The minimum atomic E-state index is -0.00583. The lowest BCUT2D eigenvalue weighted by molar-refractivity contribution is 0.0573. The molecule has 0 amide bonds. The molecule has 1 unspecified atom stereocenters. The van der Waals surface area contributed by atoms with Gasteiger partial charge in [0.1, 0.15) is 0 Å². The lowest BCUT2D eigenvalue weighted by atomic mass is 9.87. The Bertz CT molecular complexity index is 204. The zero-order chi connectivity index (χ0) is 12.7. The first kappa shape index (κ1) is 14.9. The third-order valence-electron chi connectivity index (χ3n) is 3.61. The Morgan fingerprint density at radius 2 is 2.06 bits per heavy atom. The van der Waals surface area contributed by atoms with E-state index >= 15 is 0 Å². The summed E-state index contributed by atoms with van der Waals surface area (Å²) < 4.78 is 5.44. The first-order valence-electron chi connectivity index (χ1n) is 6.67. The van der Waals surface area contributed by atoms with Crippen LogP contribution in [0, 0.1) is 5.41 Å². The Labute approximate surface area is 106 Å². The van der Waals surface area contributed by atoms with Crippen molar-refractivity contribution in [1.82, 2.24) is 9.80 Å². The van der Waals surface area contributed by atoms with Gasteiger partial charge in [-0.15, -0.1) is 0 Å². The van der Waals surface area contributed by atoms with Crippen LogP contribution in [0.25, 0.3) is 0 Å². The molecule has 17 heavy (non-hydrogen) atoms. The molecule has 1 rings (SSSR count). The van der Waals surface area contributed by atoms with Gasteiger partial charge >= 0.3 is 0 Å². The van der Waals surface area contributed by atoms with Gasteiger partial charge in [-0.1, -0.05) is 6.92 Å². The predicted molar refractivity (Wildman–Crippen MR) is 70.2 cm³/mol. The van der Waals surface area contributed by atoms with Crippen molar-refractivity contribution in [3.63, 3.8) is 0 Å². The minimum absolute atomic E-state index is 0.00583. The summed E-state index contributed by atoms with van der Waals surface area (Å²) >= 11 is 0. The lowest BCUT2D eigenvalue weighted by Gasteiger charge is -2.32. The number of hydrogen-bond acceptors (Lipinski definition) is 4. The molecule has 0 aromatic heterocycles. The molecule has 4 heteroatoms. The summed E-state index contributed by atoms with van der Waals surface area (Å²) in [6, 6.07) is 0. The highest BCUT2D eigenvalue weighted by Gasteiger charge is 2.35. The van der Waals surface area contributed by atoms with Crippen LogP contribution in [0.15, 0.2) is 0 Å². The monoisotopic (exact) mass is 244 g/mol. The number of rotatable bonds is 8. The molecule has 0 bridgehead atoms. The van der Waals surface area contributed by atoms with Crippen LogP contribution >= 0.6 is 0 Å². The molecule has 0 spiro atoms. The number of nitrogens with zero attached hydrogens (tertiary/aromatic N) is 2. The smallest absolute Gasteiger partial charge is 0.0557 e. The summed E-state index contributed by atoms with van der Waals surface area (Å²) in [5.41, 5.74) is -0.00583. The fourth-order valence-corrected chi connectivity index (χ4v) is 2.38. The second-order valence-corrected chi connectivity index (χ2v) is 5.49. The molecule has 102 valence electrons. The van der Waals surface area contributed by atoms with Gasteiger partial charge in [-0.3, -0.25) is 0 Å². The van der Waals surface area contributed by atoms with Gasteiger partial charge in [-0.25, -0.2) is 0 Å². The quantitative estimate of drug-likeness (QED) is 0.680. The van der Waals surface area contributed by atoms with Crippen molar-refractivity contribution >= 4 is 0 Å². The average Bonchev–Trinajstić information content (AvgIpc) is 2.76. The molecule has 1 heterocycles. The van der Waals surface area contributed by atoms with E-state index in [4.69, 9.17) is 4.74 Å². The Kier molecular flexibility index (Phi) is 6.41. The van der Waals surface area contributed by atoms with E-state index in [9.17, 15) is 5.11 Å². The van der Waals surface area contributed by atoms with Gasteiger partial charge in [0.15, 0.2) is 0 Å². The normalized spacial score (nSPS) is 25.1. The van der Waals surface area contributed by atoms with Crippen molar-refractivity contribution in [3.05, 3.63) is 0 Å². The summed E-state index contributed by atoms with van der Waals surface area (Å²) in [5, 5.41) is 9.56. The molecule has 0 aromatic rings. The maximum Gasteiger partial charge on any atom is 0.0557 e. The molecule has 0 radical (unpaired) electrons. The van der Waals surface area contributed by atoms with E-state index in [0.29, 0.717) is 6.61 Å². The summed E-state index contributed by atoms with van der Waals surface area (Å²) in [7, 11) is 4.21. The second kappa shape index (κ2) is 7.31. The van der Waals surface area contributed by atoms with Gasteiger partial charge in [-0.2, -0.15) is 0 Å². The molecule has 1 aliphatic rings. The van der Waals surface area contributed by atoms with Crippen LogP contribution in [-0.2, 0) is 4.74 Å². The molecule has 0 aromatic carbocycles. The molecule has 4 nitrogen and oxygen atoms in total. The highest BCUT2D eigenvalue weighted by atomic mass is 16.5. The summed E-state index contributed by atoms with van der Waals surface area (Å²) in [5.74, 6) is 0. The number of hydrogen-bond donors (Lipinski definition) is 1. The molecule has 1 saturated heterocycles. The molecule has 0 saturated carbocycles. The first-order chi connectivity index (χ1) is 8.12. The van der Waals surface area contributed by atoms with Gasteiger partial charge < -0.3 is 19.6 Å². The van der Waals surface area contributed by atoms with Crippen LogP contribution in [-0.4, -0.2) is 75.0 Å². The molecule has 0 aliphatic carbocycles. The molecular formula is C13H28N2O2. The van der Waals surface area contributed by atoms with E-state index in [1.165, 1.54) is 6.42 Å². The number of aliphatic hydroxyl groups excluding tert-OH is 1. The van der Waals surface area contributed by atoms with Crippen LogP contribution in [0.4, 0.5) is 0 Å². The Morgan fingerprint density at radius 1 is 1.29 bits per heavy atom. The van der Waals surface area contributed by atoms with Gasteiger partial charge in [0.25, 0.3) is 0 Å². The van der Waals surface area contributed by atoms with Crippen molar-refractivity contribution < 1.29 is 9.84 Å². The van der Waals surface area contributed by atoms with Gasteiger partial charge in [0.2, 0.25) is 0 Å². The Balaban J connectivity index is 2.34. The maximum absolute atomic E-state index is 9.56.